The Bertz CT molecular complexity index is 815. The zero-order chi connectivity index (χ0) is 14.7. The van der Waals surface area contributed by atoms with E-state index in [0.29, 0.717) is 11.5 Å². The fourth-order valence-corrected chi connectivity index (χ4v) is 2.27. The largest absolute Gasteiger partial charge is 1.00 e. The van der Waals surface area contributed by atoms with E-state index < -0.39 is 0 Å². The van der Waals surface area contributed by atoms with Crippen LogP contribution in [0.1, 0.15) is 6.99 Å². The monoisotopic (exact) mass is 301 g/mol. The smallest absolute Gasteiger partial charge is 1.00 e. The van der Waals surface area contributed by atoms with Crippen LogP contribution >= 0.6 is 0 Å². The normalized spacial score (nSPS) is 9.68. The zero-order valence-corrected chi connectivity index (χ0v) is 14.2. The molecule has 0 amide bonds. The molecule has 0 atom stereocenters. The average molecular weight is 301 g/mol. The standard InChI is InChI=1S/C14H11N7.Na.H/c1-9-12(16-19-15)8-7-11(10-5-3-2-4-6-10)13(9)14-17-20-21-18-14;;/h2-8H,1H3,(H,17,18,20,21);;/q;+1;-1. The number of rotatable bonds is 3. The number of benzene rings is 2. The van der Waals surface area contributed by atoms with E-state index in [4.69, 9.17) is 5.53 Å². The second kappa shape index (κ2) is 7.20. The number of aromatic nitrogens is 4. The summed E-state index contributed by atoms with van der Waals surface area (Å²) in [4.78, 5) is 2.85. The van der Waals surface area contributed by atoms with Gasteiger partial charge >= 0.3 is 29.6 Å². The first-order valence-electron chi connectivity index (χ1n) is 6.29. The molecular weight excluding hydrogens is 289 g/mol. The van der Waals surface area contributed by atoms with Gasteiger partial charge in [0.25, 0.3) is 0 Å². The SMILES string of the molecule is Cc1c(N=[N+]=[N-])ccc(-c2ccccc2)c1-c1nn[nH]n1.[H-].[Na+]. The van der Waals surface area contributed by atoms with E-state index >= 15 is 0 Å². The van der Waals surface area contributed by atoms with Gasteiger partial charge in [0, 0.05) is 16.2 Å². The second-order valence-corrected chi connectivity index (χ2v) is 4.42. The van der Waals surface area contributed by atoms with Gasteiger partial charge in [-0.2, -0.15) is 5.21 Å². The van der Waals surface area contributed by atoms with Crippen molar-refractivity contribution in [1.29, 1.82) is 0 Å². The van der Waals surface area contributed by atoms with Crippen molar-refractivity contribution in [2.45, 2.75) is 6.92 Å². The number of hydrogen-bond acceptors (Lipinski definition) is 4. The molecule has 8 heteroatoms. The molecular formula is C14H12N7Na. The molecule has 7 nitrogen and oxygen atoms in total. The van der Waals surface area contributed by atoms with Gasteiger partial charge in [0.05, 0.1) is 0 Å². The van der Waals surface area contributed by atoms with E-state index in [1.165, 1.54) is 0 Å². The van der Waals surface area contributed by atoms with Crippen molar-refractivity contribution in [3.8, 4) is 22.5 Å². The molecule has 3 aromatic rings. The van der Waals surface area contributed by atoms with Crippen molar-refractivity contribution >= 4 is 5.69 Å². The third-order valence-electron chi connectivity index (χ3n) is 3.24. The van der Waals surface area contributed by atoms with Crippen LogP contribution in [0.3, 0.4) is 0 Å². The van der Waals surface area contributed by atoms with E-state index in [2.05, 4.69) is 30.7 Å². The molecule has 0 aliphatic carbocycles. The van der Waals surface area contributed by atoms with Crippen LogP contribution < -0.4 is 29.6 Å². The number of azide groups is 1. The predicted octanol–water partition coefficient (Wildman–Crippen LogP) is 0.900. The molecule has 0 aliphatic heterocycles. The Morgan fingerprint density at radius 2 is 1.95 bits per heavy atom. The molecule has 0 spiro atoms. The van der Waals surface area contributed by atoms with Gasteiger partial charge in [-0.25, -0.2) is 0 Å². The summed E-state index contributed by atoms with van der Waals surface area (Å²) in [5.41, 5.74) is 12.8. The molecule has 0 radical (unpaired) electrons. The van der Waals surface area contributed by atoms with Crippen molar-refractivity contribution < 1.29 is 31.0 Å². The Hall–Kier alpha value is -2.18. The average Bonchev–Trinajstić information content (AvgIpc) is 3.04. The molecule has 0 saturated carbocycles. The van der Waals surface area contributed by atoms with Crippen molar-refractivity contribution in [2.24, 2.45) is 5.11 Å². The minimum atomic E-state index is 0. The molecule has 0 unspecified atom stereocenters. The fraction of sp³-hybridized carbons (Fsp3) is 0.0714. The van der Waals surface area contributed by atoms with E-state index in [1.807, 2.05) is 43.3 Å². The number of nitrogens with one attached hydrogen (secondary N) is 1. The first-order chi connectivity index (χ1) is 10.3. The van der Waals surface area contributed by atoms with E-state index in [9.17, 15) is 0 Å². The van der Waals surface area contributed by atoms with Crippen molar-refractivity contribution in [1.82, 2.24) is 20.6 Å². The third-order valence-corrected chi connectivity index (χ3v) is 3.24. The maximum atomic E-state index is 8.66. The maximum Gasteiger partial charge on any atom is 1.00 e. The van der Waals surface area contributed by atoms with Crippen LogP contribution in [0.4, 0.5) is 5.69 Å². The molecule has 0 bridgehead atoms. The quantitative estimate of drug-likeness (QED) is 0.336. The summed E-state index contributed by atoms with van der Waals surface area (Å²) in [6, 6.07) is 13.6. The second-order valence-electron chi connectivity index (χ2n) is 4.42. The molecule has 1 N–H and O–H groups in total. The molecule has 3 rings (SSSR count). The molecule has 1 aromatic heterocycles. The van der Waals surface area contributed by atoms with Gasteiger partial charge in [0.1, 0.15) is 0 Å². The summed E-state index contributed by atoms with van der Waals surface area (Å²) in [5.74, 6) is 0.473. The number of nitrogens with zero attached hydrogens (tertiary/aromatic N) is 6. The van der Waals surface area contributed by atoms with Gasteiger partial charge in [-0.3, -0.25) is 0 Å². The van der Waals surface area contributed by atoms with Gasteiger partial charge in [-0.1, -0.05) is 47.6 Å². The Morgan fingerprint density at radius 1 is 1.18 bits per heavy atom. The summed E-state index contributed by atoms with van der Waals surface area (Å²) in [7, 11) is 0. The molecule has 0 saturated heterocycles. The summed E-state index contributed by atoms with van der Waals surface area (Å²) < 4.78 is 0. The van der Waals surface area contributed by atoms with E-state index in [-0.39, 0.29) is 31.0 Å². The molecule has 1 heterocycles. The maximum absolute atomic E-state index is 8.66. The first-order valence-corrected chi connectivity index (χ1v) is 6.29. The molecule has 0 aliphatic rings. The number of hydrogen-bond donors (Lipinski definition) is 1. The van der Waals surface area contributed by atoms with E-state index in [1.54, 1.807) is 6.07 Å². The first kappa shape index (κ1) is 16.2. The Balaban J connectivity index is 0.00000132. The van der Waals surface area contributed by atoms with Gasteiger partial charge < -0.3 is 1.43 Å². The Kier molecular flexibility index (Phi) is 5.30. The zero-order valence-electron chi connectivity index (χ0n) is 13.2. The van der Waals surface area contributed by atoms with Crippen molar-refractivity contribution in [3.05, 3.63) is 58.5 Å². The van der Waals surface area contributed by atoms with Gasteiger partial charge in [0.2, 0.25) is 5.82 Å². The molecule has 104 valence electrons. The Labute approximate surface area is 150 Å². The van der Waals surface area contributed by atoms with Gasteiger partial charge in [0.15, 0.2) is 0 Å². The van der Waals surface area contributed by atoms with Gasteiger partial charge in [-0.15, -0.1) is 10.2 Å². The summed E-state index contributed by atoms with van der Waals surface area (Å²) in [6.45, 7) is 1.88. The predicted molar refractivity (Wildman–Crippen MR) is 79.7 cm³/mol. The van der Waals surface area contributed by atoms with Crippen LogP contribution in [0.25, 0.3) is 33.0 Å². The minimum Gasteiger partial charge on any atom is -1.00 e. The number of H-pyrrole nitrogens is 1. The van der Waals surface area contributed by atoms with Crippen molar-refractivity contribution in [2.75, 3.05) is 0 Å². The van der Waals surface area contributed by atoms with Crippen LogP contribution in [0, 0.1) is 6.92 Å². The van der Waals surface area contributed by atoms with Crippen LogP contribution in [0.5, 0.6) is 0 Å². The van der Waals surface area contributed by atoms with E-state index in [0.717, 1.165) is 22.3 Å². The summed E-state index contributed by atoms with van der Waals surface area (Å²) in [5, 5.41) is 17.9. The van der Waals surface area contributed by atoms with Gasteiger partial charge in [-0.05, 0) is 34.4 Å². The van der Waals surface area contributed by atoms with Crippen molar-refractivity contribution in [3.63, 3.8) is 0 Å². The fourth-order valence-electron chi connectivity index (χ4n) is 2.27. The molecule has 0 fully saturated rings. The Morgan fingerprint density at radius 3 is 2.59 bits per heavy atom. The summed E-state index contributed by atoms with van der Waals surface area (Å²) >= 11 is 0. The third kappa shape index (κ3) is 3.03. The molecule has 2 aromatic carbocycles. The summed E-state index contributed by atoms with van der Waals surface area (Å²) in [6.07, 6.45) is 0. The molecule has 22 heavy (non-hydrogen) atoms. The van der Waals surface area contributed by atoms with Crippen LogP contribution in [-0.2, 0) is 0 Å². The van der Waals surface area contributed by atoms with Crippen LogP contribution in [0.2, 0.25) is 0 Å². The number of aromatic amines is 1. The topological polar surface area (TPSA) is 103 Å². The van der Waals surface area contributed by atoms with Crippen LogP contribution in [-0.4, -0.2) is 20.6 Å². The minimum absolute atomic E-state index is 0. The van der Waals surface area contributed by atoms with Crippen LogP contribution in [0.15, 0.2) is 47.6 Å². The number of tetrazole rings is 1.